The van der Waals surface area contributed by atoms with Crippen molar-refractivity contribution in [2.45, 2.75) is 0 Å². The molecule has 5 heterocycles. The van der Waals surface area contributed by atoms with Crippen LogP contribution in [0, 0.1) is 10.2 Å². The van der Waals surface area contributed by atoms with E-state index < -0.39 is 15.0 Å². The van der Waals surface area contributed by atoms with Gasteiger partial charge in [-0.3, -0.25) is 0 Å². The Morgan fingerprint density at radius 2 is 0.884 bits per heavy atom. The maximum atomic E-state index is 9.64. The van der Waals surface area contributed by atoms with E-state index in [0.29, 0.717) is 45.9 Å². The van der Waals surface area contributed by atoms with Crippen molar-refractivity contribution < 1.29 is 0 Å². The summed E-state index contributed by atoms with van der Waals surface area (Å²) in [7, 11) is 0. The molecule has 0 aliphatic carbocycles. The zero-order chi connectivity index (χ0) is 28.5. The van der Waals surface area contributed by atoms with Crippen molar-refractivity contribution in [1.29, 1.82) is 5.26 Å². The van der Waals surface area contributed by atoms with Gasteiger partial charge in [-0.15, -0.1) is 0 Å². The summed E-state index contributed by atoms with van der Waals surface area (Å²) in [5.74, 6) is 2.21. The number of benzene rings is 4. The number of aromatic amines is 2. The number of fused-ring (bicyclic) bond motifs is 20. The molecule has 8 bridgehead atoms. The van der Waals surface area contributed by atoms with Crippen molar-refractivity contribution in [3.8, 4) is 50.5 Å². The van der Waals surface area contributed by atoms with Crippen molar-refractivity contribution in [2.24, 2.45) is 0 Å². The third kappa shape index (κ3) is 3.63. The van der Waals surface area contributed by atoms with Gasteiger partial charge in [0.2, 0.25) is 0 Å². The first-order chi connectivity index (χ1) is 21.2. The Labute approximate surface area is 249 Å². The number of nitrogens with zero attached hydrogens (tertiary/aromatic N) is 7. The molecule has 0 fully saturated rings. The van der Waals surface area contributed by atoms with Gasteiger partial charge in [-0.1, -0.05) is 6.07 Å². The normalized spacial score (nSPS) is 11.8. The fourth-order valence-corrected chi connectivity index (χ4v) is 6.95. The van der Waals surface area contributed by atoms with Gasteiger partial charge in [0.15, 0.2) is 0 Å². The van der Waals surface area contributed by atoms with E-state index in [1.165, 1.54) is 0 Å². The molecule has 0 saturated carbocycles. The molecule has 0 amide bonds. The molecule has 4 aromatic carbocycles. The van der Waals surface area contributed by atoms with Crippen molar-refractivity contribution >= 4 is 63.6 Å². The number of nitriles is 1. The first-order valence-electron chi connectivity index (χ1n) is 13.5. The van der Waals surface area contributed by atoms with Gasteiger partial charge < -0.3 is 0 Å². The zero-order valence-electron chi connectivity index (χ0n) is 22.2. The van der Waals surface area contributed by atoms with Crippen molar-refractivity contribution in [3.63, 3.8) is 0 Å². The number of hydrogen-bond donors (Lipinski definition) is 2. The van der Waals surface area contributed by atoms with Gasteiger partial charge in [0.1, 0.15) is 0 Å². The Hall–Kier alpha value is -5.75. The summed E-state index contributed by atoms with van der Waals surface area (Å²) in [6.45, 7) is 0. The van der Waals surface area contributed by atoms with Gasteiger partial charge in [-0.2, -0.15) is 0 Å². The summed E-state index contributed by atoms with van der Waals surface area (Å²) in [5.41, 5.74) is 6.07. The van der Waals surface area contributed by atoms with Gasteiger partial charge in [-0.05, 0) is 0 Å². The molecule has 7 aromatic rings. The standard InChI is InChI=1S/C33H17N9Se/c34-16-43-24-15-7-14-23-25(24)33-41-31-22-13-6-5-12-21(22)29(39-31)37-27-18-9-2-1-8-17(18)26(35-27)36-28-19-10-3-4-11-20(19)30(38-28)40-32(23)42-33/h1-15H,(H2,35,36,37,38,39,40,41,42). The molecule has 9 rings (SSSR count). The number of rotatable bonds is 1. The molecular weight excluding hydrogens is 601 g/mol. The SMILES string of the molecule is N#C[Se]c1cccc2c3nc4nc(nc5[nH]c(nc6nc(nc([nH]3)c12)-c1ccccc1-6)c1ccccc51)-c1ccccc1-4. The summed E-state index contributed by atoms with van der Waals surface area (Å²) in [4.78, 5) is 39.2. The minimum absolute atomic E-state index is 0.409. The zero-order valence-corrected chi connectivity index (χ0v) is 23.9. The van der Waals surface area contributed by atoms with Crippen LogP contribution in [0.3, 0.4) is 0 Å². The van der Waals surface area contributed by atoms with E-state index in [1.807, 2.05) is 91.0 Å². The second-order valence-electron chi connectivity index (χ2n) is 10.1. The van der Waals surface area contributed by atoms with Crippen LogP contribution in [0.4, 0.5) is 0 Å². The van der Waals surface area contributed by atoms with Crippen LogP contribution in [0.25, 0.3) is 89.7 Å². The predicted octanol–water partition coefficient (Wildman–Crippen LogP) is 5.68. The Balaban J connectivity index is 1.51. The van der Waals surface area contributed by atoms with Crippen LogP contribution in [0.15, 0.2) is 91.0 Å². The van der Waals surface area contributed by atoms with E-state index in [0.717, 1.165) is 48.3 Å². The molecule has 200 valence electrons. The topological polar surface area (TPSA) is 133 Å². The summed E-state index contributed by atoms with van der Waals surface area (Å²) < 4.78 is 0.920. The number of H-pyrrole nitrogens is 2. The van der Waals surface area contributed by atoms with Crippen LogP contribution in [0.2, 0.25) is 0 Å². The molecular formula is C33H17N9Se. The molecule has 2 aliphatic heterocycles. The summed E-state index contributed by atoms with van der Waals surface area (Å²) in [5, 5.41) is 13.2. The van der Waals surface area contributed by atoms with Crippen molar-refractivity contribution in [2.75, 3.05) is 0 Å². The first-order valence-corrected chi connectivity index (χ1v) is 15.3. The Morgan fingerprint density at radius 1 is 0.465 bits per heavy atom. The quantitative estimate of drug-likeness (QED) is 0.226. The molecule has 0 atom stereocenters. The average Bonchev–Trinajstić information content (AvgIpc) is 3.77. The van der Waals surface area contributed by atoms with Gasteiger partial charge in [0.05, 0.1) is 0 Å². The first kappa shape index (κ1) is 23.9. The summed E-state index contributed by atoms with van der Waals surface area (Å²) >= 11 is -0.409. The Morgan fingerprint density at radius 3 is 1.40 bits per heavy atom. The van der Waals surface area contributed by atoms with Crippen LogP contribution in [-0.4, -0.2) is 54.8 Å². The predicted molar refractivity (Wildman–Crippen MR) is 167 cm³/mol. The van der Waals surface area contributed by atoms with Crippen LogP contribution >= 0.6 is 0 Å². The second kappa shape index (κ2) is 9.13. The maximum absolute atomic E-state index is 9.64. The van der Waals surface area contributed by atoms with Gasteiger partial charge in [-0.25, -0.2) is 0 Å². The number of nitrogens with one attached hydrogen (secondary N) is 2. The number of hydrogen-bond acceptors (Lipinski definition) is 7. The van der Waals surface area contributed by atoms with Crippen molar-refractivity contribution in [3.05, 3.63) is 91.0 Å². The third-order valence-corrected chi connectivity index (χ3v) is 9.06. The fraction of sp³-hybridized carbons (Fsp3) is 0. The Bertz CT molecular complexity index is 2520. The Kier molecular flexibility index (Phi) is 5.07. The molecule has 0 spiro atoms. The molecule has 2 N–H and O–H groups in total. The molecule has 43 heavy (non-hydrogen) atoms. The molecule has 10 heteroatoms. The molecule has 0 unspecified atom stereocenters. The second-order valence-corrected chi connectivity index (χ2v) is 11.9. The van der Waals surface area contributed by atoms with Crippen LogP contribution in [0.5, 0.6) is 0 Å². The van der Waals surface area contributed by atoms with E-state index in [4.69, 9.17) is 29.9 Å². The molecule has 9 nitrogen and oxygen atoms in total. The summed E-state index contributed by atoms with van der Waals surface area (Å²) in [6, 6.07) is 29.9. The van der Waals surface area contributed by atoms with Gasteiger partial charge >= 0.3 is 244 Å². The monoisotopic (exact) mass is 619 g/mol. The van der Waals surface area contributed by atoms with E-state index in [-0.39, 0.29) is 0 Å². The average molecular weight is 619 g/mol. The van der Waals surface area contributed by atoms with Crippen LogP contribution in [-0.2, 0) is 0 Å². The van der Waals surface area contributed by atoms with Gasteiger partial charge in [0.25, 0.3) is 0 Å². The van der Waals surface area contributed by atoms with Crippen molar-refractivity contribution in [1.82, 2.24) is 39.9 Å². The van der Waals surface area contributed by atoms with E-state index >= 15 is 0 Å². The molecule has 0 radical (unpaired) electrons. The molecule has 0 saturated heterocycles. The third-order valence-electron chi connectivity index (χ3n) is 7.70. The molecule has 2 aliphatic rings. The van der Waals surface area contributed by atoms with Gasteiger partial charge in [0, 0.05) is 0 Å². The van der Waals surface area contributed by atoms with E-state index in [1.54, 1.807) is 0 Å². The van der Waals surface area contributed by atoms with Crippen LogP contribution in [0.1, 0.15) is 0 Å². The van der Waals surface area contributed by atoms with E-state index in [9.17, 15) is 5.26 Å². The van der Waals surface area contributed by atoms with Crippen LogP contribution < -0.4 is 4.46 Å². The molecule has 3 aromatic heterocycles. The number of aromatic nitrogens is 8. The summed E-state index contributed by atoms with van der Waals surface area (Å²) in [6.07, 6.45) is 0. The minimum atomic E-state index is -0.409. The fourth-order valence-electron chi connectivity index (χ4n) is 5.79. The van der Waals surface area contributed by atoms with E-state index in [2.05, 4.69) is 14.9 Å².